The van der Waals surface area contributed by atoms with Gasteiger partial charge in [0.05, 0.1) is 18.5 Å². The molecule has 18 heavy (non-hydrogen) atoms. The molecule has 0 aliphatic carbocycles. The summed E-state index contributed by atoms with van der Waals surface area (Å²) in [6.07, 6.45) is 2.03. The predicted octanol–water partition coefficient (Wildman–Crippen LogP) is 0.760. The second-order valence-corrected chi connectivity index (χ2v) is 4.32. The van der Waals surface area contributed by atoms with E-state index < -0.39 is 0 Å². The molecule has 0 bridgehead atoms. The third-order valence-corrected chi connectivity index (χ3v) is 2.83. The summed E-state index contributed by atoms with van der Waals surface area (Å²) in [5, 5.41) is 12.0. The van der Waals surface area contributed by atoms with Crippen LogP contribution in [0.1, 0.15) is 17.0 Å². The highest BCUT2D eigenvalue weighted by Gasteiger charge is 2.06. The molecule has 0 atom stereocenters. The molecule has 0 aliphatic heterocycles. The maximum atomic E-state index is 5.17. The van der Waals surface area contributed by atoms with E-state index in [9.17, 15) is 0 Å². The standard InChI is InChI=1S/C12H19N5O/c1-9-10(8-16(2)14-9)6-13-7-11-5-12(18-4)17(3)15-11/h5,8,13H,6-7H2,1-4H3. The van der Waals surface area contributed by atoms with Gasteiger partial charge in [-0.2, -0.15) is 10.2 Å². The van der Waals surface area contributed by atoms with Crippen LogP contribution in [0.25, 0.3) is 0 Å². The fraction of sp³-hybridized carbons (Fsp3) is 0.500. The van der Waals surface area contributed by atoms with Gasteiger partial charge >= 0.3 is 0 Å². The molecule has 98 valence electrons. The minimum absolute atomic E-state index is 0.714. The molecule has 0 radical (unpaired) electrons. The summed E-state index contributed by atoms with van der Waals surface area (Å²) >= 11 is 0. The van der Waals surface area contributed by atoms with Gasteiger partial charge in [0.1, 0.15) is 0 Å². The fourth-order valence-electron chi connectivity index (χ4n) is 1.93. The molecular formula is C12H19N5O. The highest BCUT2D eigenvalue weighted by atomic mass is 16.5. The molecular weight excluding hydrogens is 230 g/mol. The van der Waals surface area contributed by atoms with Crippen LogP contribution in [0.4, 0.5) is 0 Å². The minimum Gasteiger partial charge on any atom is -0.481 e. The fourth-order valence-corrected chi connectivity index (χ4v) is 1.93. The summed E-state index contributed by atoms with van der Waals surface area (Å²) in [7, 11) is 5.45. The van der Waals surface area contributed by atoms with Gasteiger partial charge in [0, 0.05) is 45.0 Å². The van der Waals surface area contributed by atoms with Crippen LogP contribution < -0.4 is 10.1 Å². The number of hydrogen-bond donors (Lipinski definition) is 1. The van der Waals surface area contributed by atoms with Crippen molar-refractivity contribution in [3.05, 3.63) is 29.2 Å². The maximum Gasteiger partial charge on any atom is 0.211 e. The van der Waals surface area contributed by atoms with Crippen molar-refractivity contribution in [3.8, 4) is 5.88 Å². The van der Waals surface area contributed by atoms with Crippen LogP contribution in [-0.4, -0.2) is 26.7 Å². The average Bonchev–Trinajstić information content (AvgIpc) is 2.82. The van der Waals surface area contributed by atoms with Crippen LogP contribution in [0.5, 0.6) is 5.88 Å². The molecule has 0 aliphatic rings. The van der Waals surface area contributed by atoms with E-state index in [4.69, 9.17) is 4.74 Å². The summed E-state index contributed by atoms with van der Waals surface area (Å²) in [6.45, 7) is 3.52. The largest absolute Gasteiger partial charge is 0.481 e. The zero-order chi connectivity index (χ0) is 13.1. The molecule has 0 aromatic carbocycles. The van der Waals surface area contributed by atoms with Gasteiger partial charge in [-0.1, -0.05) is 0 Å². The van der Waals surface area contributed by atoms with E-state index in [2.05, 4.69) is 15.5 Å². The first-order valence-electron chi connectivity index (χ1n) is 5.87. The van der Waals surface area contributed by atoms with Crippen molar-refractivity contribution in [3.63, 3.8) is 0 Å². The van der Waals surface area contributed by atoms with Crippen molar-refractivity contribution >= 4 is 0 Å². The topological polar surface area (TPSA) is 56.9 Å². The number of methoxy groups -OCH3 is 1. The smallest absolute Gasteiger partial charge is 0.211 e. The van der Waals surface area contributed by atoms with Gasteiger partial charge in [0.2, 0.25) is 5.88 Å². The molecule has 2 rings (SSSR count). The lowest BCUT2D eigenvalue weighted by atomic mass is 10.2. The second kappa shape index (κ2) is 5.22. The molecule has 0 unspecified atom stereocenters. The first-order valence-corrected chi connectivity index (χ1v) is 5.87. The Labute approximate surface area is 107 Å². The minimum atomic E-state index is 0.714. The summed E-state index contributed by atoms with van der Waals surface area (Å²) in [6, 6.07) is 1.93. The van der Waals surface area contributed by atoms with Gasteiger partial charge in [-0.15, -0.1) is 0 Å². The SMILES string of the molecule is COc1cc(CNCc2cn(C)nc2C)nn1C. The third-order valence-electron chi connectivity index (χ3n) is 2.83. The van der Waals surface area contributed by atoms with Crippen molar-refractivity contribution in [2.24, 2.45) is 14.1 Å². The highest BCUT2D eigenvalue weighted by molar-refractivity contribution is 5.17. The van der Waals surface area contributed by atoms with E-state index in [1.165, 1.54) is 5.56 Å². The zero-order valence-corrected chi connectivity index (χ0v) is 11.3. The second-order valence-electron chi connectivity index (χ2n) is 4.32. The normalized spacial score (nSPS) is 10.9. The van der Waals surface area contributed by atoms with E-state index in [0.717, 1.165) is 23.8 Å². The first kappa shape index (κ1) is 12.6. The van der Waals surface area contributed by atoms with E-state index in [-0.39, 0.29) is 0 Å². The van der Waals surface area contributed by atoms with Crippen molar-refractivity contribution in [2.75, 3.05) is 7.11 Å². The predicted molar refractivity (Wildman–Crippen MR) is 68.2 cm³/mol. The third kappa shape index (κ3) is 2.70. The Kier molecular flexibility index (Phi) is 3.66. The van der Waals surface area contributed by atoms with Gasteiger partial charge in [-0.25, -0.2) is 4.68 Å². The number of nitrogens with one attached hydrogen (secondary N) is 1. The monoisotopic (exact) mass is 249 g/mol. The van der Waals surface area contributed by atoms with Crippen molar-refractivity contribution in [2.45, 2.75) is 20.0 Å². The highest BCUT2D eigenvalue weighted by Crippen LogP contribution is 2.11. The lowest BCUT2D eigenvalue weighted by molar-refractivity contribution is 0.373. The molecule has 2 heterocycles. The molecule has 1 N–H and O–H groups in total. The quantitative estimate of drug-likeness (QED) is 0.850. The van der Waals surface area contributed by atoms with Crippen LogP contribution >= 0.6 is 0 Å². The van der Waals surface area contributed by atoms with Gasteiger partial charge in [0.25, 0.3) is 0 Å². The molecule has 6 nitrogen and oxygen atoms in total. The molecule has 0 fully saturated rings. The summed E-state index contributed by atoms with van der Waals surface area (Å²) in [5.74, 6) is 0.768. The number of ether oxygens (including phenoxy) is 1. The van der Waals surface area contributed by atoms with Crippen LogP contribution in [0.3, 0.4) is 0 Å². The van der Waals surface area contributed by atoms with Gasteiger partial charge < -0.3 is 10.1 Å². The average molecular weight is 249 g/mol. The molecule has 0 saturated heterocycles. The van der Waals surface area contributed by atoms with Crippen LogP contribution in [0, 0.1) is 6.92 Å². The Hall–Kier alpha value is -1.82. The molecule has 0 saturated carbocycles. The van der Waals surface area contributed by atoms with Gasteiger partial charge in [-0.3, -0.25) is 4.68 Å². The van der Waals surface area contributed by atoms with Crippen molar-refractivity contribution < 1.29 is 4.74 Å². The van der Waals surface area contributed by atoms with E-state index in [1.807, 2.05) is 38.0 Å². The number of nitrogens with zero attached hydrogens (tertiary/aromatic N) is 4. The Bertz CT molecular complexity index is 529. The number of rotatable bonds is 5. The van der Waals surface area contributed by atoms with Crippen LogP contribution in [0.15, 0.2) is 12.3 Å². The molecule has 0 amide bonds. The zero-order valence-electron chi connectivity index (χ0n) is 11.3. The number of hydrogen-bond acceptors (Lipinski definition) is 4. The molecule has 6 heteroatoms. The lowest BCUT2D eigenvalue weighted by Crippen LogP contribution is -2.13. The number of aromatic nitrogens is 4. The molecule has 2 aromatic rings. The summed E-state index contributed by atoms with van der Waals surface area (Å²) in [5.41, 5.74) is 3.24. The maximum absolute atomic E-state index is 5.17. The molecule has 0 spiro atoms. The summed E-state index contributed by atoms with van der Waals surface area (Å²) in [4.78, 5) is 0. The number of aryl methyl sites for hydroxylation is 3. The van der Waals surface area contributed by atoms with Crippen LogP contribution in [-0.2, 0) is 27.2 Å². The van der Waals surface area contributed by atoms with E-state index in [0.29, 0.717) is 6.54 Å². The van der Waals surface area contributed by atoms with E-state index in [1.54, 1.807) is 11.8 Å². The lowest BCUT2D eigenvalue weighted by Gasteiger charge is -2.00. The first-order chi connectivity index (χ1) is 8.60. The van der Waals surface area contributed by atoms with Gasteiger partial charge in [0.15, 0.2) is 0 Å². The van der Waals surface area contributed by atoms with Crippen molar-refractivity contribution in [1.82, 2.24) is 24.9 Å². The summed E-state index contributed by atoms with van der Waals surface area (Å²) < 4.78 is 8.73. The van der Waals surface area contributed by atoms with Crippen molar-refractivity contribution in [1.29, 1.82) is 0 Å². The Balaban J connectivity index is 1.90. The Morgan fingerprint density at radius 3 is 2.61 bits per heavy atom. The Morgan fingerprint density at radius 2 is 2.06 bits per heavy atom. The van der Waals surface area contributed by atoms with E-state index >= 15 is 0 Å². The Morgan fingerprint density at radius 1 is 1.28 bits per heavy atom. The van der Waals surface area contributed by atoms with Gasteiger partial charge in [-0.05, 0) is 6.92 Å². The molecule has 2 aromatic heterocycles. The van der Waals surface area contributed by atoms with Crippen LogP contribution in [0.2, 0.25) is 0 Å².